The largest absolute Gasteiger partial charge is 0.454 e. The summed E-state index contributed by atoms with van der Waals surface area (Å²) in [5.41, 5.74) is 1.38. The van der Waals surface area contributed by atoms with E-state index in [1.807, 2.05) is 31.2 Å². The van der Waals surface area contributed by atoms with Crippen molar-refractivity contribution >= 4 is 21.9 Å². The van der Waals surface area contributed by atoms with Crippen LogP contribution >= 0.6 is 15.9 Å². The van der Waals surface area contributed by atoms with Crippen molar-refractivity contribution in [3.63, 3.8) is 0 Å². The highest BCUT2D eigenvalue weighted by Crippen LogP contribution is 2.20. The quantitative estimate of drug-likeness (QED) is 0.618. The molecule has 0 unspecified atom stereocenters. The minimum atomic E-state index is -0.356. The van der Waals surface area contributed by atoms with Crippen LogP contribution < -0.4 is 0 Å². The van der Waals surface area contributed by atoms with E-state index < -0.39 is 0 Å². The van der Waals surface area contributed by atoms with Crippen molar-refractivity contribution in [3.05, 3.63) is 46.5 Å². The smallest absolute Gasteiger partial charge is 0.333 e. The van der Waals surface area contributed by atoms with Crippen molar-refractivity contribution < 1.29 is 9.53 Å². The number of halogens is 1. The molecule has 1 rings (SSSR count). The number of carbonyl (C=O) groups excluding carboxylic acids is 1. The molecule has 0 aliphatic carbocycles. The highest BCUT2D eigenvalue weighted by atomic mass is 79.9. The topological polar surface area (TPSA) is 26.3 Å². The zero-order valence-electron chi connectivity index (χ0n) is 8.79. The molecule has 2 nitrogen and oxygen atoms in total. The van der Waals surface area contributed by atoms with Gasteiger partial charge in [0.1, 0.15) is 6.10 Å². The van der Waals surface area contributed by atoms with Gasteiger partial charge in [-0.15, -0.1) is 0 Å². The highest BCUT2D eigenvalue weighted by molar-refractivity contribution is 9.10. The molecule has 80 valence electrons. The Hall–Kier alpha value is -1.09. The van der Waals surface area contributed by atoms with Crippen LogP contribution in [0.2, 0.25) is 0 Å². The van der Waals surface area contributed by atoms with Gasteiger partial charge in [0.05, 0.1) is 0 Å². The number of carbonyl (C=O) groups is 1. The molecule has 15 heavy (non-hydrogen) atoms. The second-order valence-electron chi connectivity index (χ2n) is 3.38. The molecule has 3 heteroatoms. The van der Waals surface area contributed by atoms with Crippen LogP contribution in [0, 0.1) is 0 Å². The Morgan fingerprint density at radius 3 is 2.40 bits per heavy atom. The van der Waals surface area contributed by atoms with Crippen LogP contribution in [0.3, 0.4) is 0 Å². The zero-order valence-corrected chi connectivity index (χ0v) is 10.4. The van der Waals surface area contributed by atoms with E-state index in [0.29, 0.717) is 5.57 Å². The van der Waals surface area contributed by atoms with Crippen LogP contribution in [0.25, 0.3) is 0 Å². The monoisotopic (exact) mass is 268 g/mol. The first-order chi connectivity index (χ1) is 7.00. The standard InChI is InChI=1S/C12H13BrO2/c1-8(2)12(14)15-9(3)10-4-6-11(13)7-5-10/h4-7,9H,1H2,2-3H3/t9-/m1/s1. The van der Waals surface area contributed by atoms with Gasteiger partial charge in [0.2, 0.25) is 0 Å². The van der Waals surface area contributed by atoms with Gasteiger partial charge in [0.25, 0.3) is 0 Å². The van der Waals surface area contributed by atoms with E-state index in [-0.39, 0.29) is 12.1 Å². The van der Waals surface area contributed by atoms with Crippen LogP contribution in [0.4, 0.5) is 0 Å². The molecule has 0 radical (unpaired) electrons. The number of ether oxygens (including phenoxy) is 1. The Balaban J connectivity index is 2.69. The minimum Gasteiger partial charge on any atom is -0.454 e. The number of rotatable bonds is 3. The van der Waals surface area contributed by atoms with Crippen molar-refractivity contribution in [1.29, 1.82) is 0 Å². The van der Waals surface area contributed by atoms with Crippen molar-refractivity contribution in [1.82, 2.24) is 0 Å². The number of benzene rings is 1. The van der Waals surface area contributed by atoms with E-state index in [9.17, 15) is 4.79 Å². The lowest BCUT2D eigenvalue weighted by Crippen LogP contribution is -2.08. The third kappa shape index (κ3) is 3.51. The van der Waals surface area contributed by atoms with Crippen molar-refractivity contribution in [2.45, 2.75) is 20.0 Å². The van der Waals surface area contributed by atoms with Crippen LogP contribution in [0.15, 0.2) is 40.9 Å². The Morgan fingerprint density at radius 1 is 1.40 bits per heavy atom. The fraction of sp³-hybridized carbons (Fsp3) is 0.250. The predicted octanol–water partition coefficient (Wildman–Crippen LogP) is 3.63. The fourth-order valence-electron chi connectivity index (χ4n) is 1.06. The normalized spacial score (nSPS) is 11.9. The fourth-order valence-corrected chi connectivity index (χ4v) is 1.33. The lowest BCUT2D eigenvalue weighted by atomic mass is 10.1. The van der Waals surface area contributed by atoms with E-state index in [2.05, 4.69) is 22.5 Å². The highest BCUT2D eigenvalue weighted by Gasteiger charge is 2.11. The summed E-state index contributed by atoms with van der Waals surface area (Å²) in [6.45, 7) is 7.01. The molecule has 1 atom stereocenters. The number of esters is 1. The molecule has 0 saturated heterocycles. The molecule has 0 aliphatic heterocycles. The summed E-state index contributed by atoms with van der Waals surface area (Å²) in [4.78, 5) is 11.3. The summed E-state index contributed by atoms with van der Waals surface area (Å²) in [7, 11) is 0. The van der Waals surface area contributed by atoms with E-state index in [1.165, 1.54) is 0 Å². The van der Waals surface area contributed by atoms with E-state index in [1.54, 1.807) is 6.92 Å². The van der Waals surface area contributed by atoms with Crippen LogP contribution in [0.1, 0.15) is 25.5 Å². The molecule has 0 aromatic heterocycles. The van der Waals surface area contributed by atoms with Crippen molar-refractivity contribution in [2.24, 2.45) is 0 Å². The summed E-state index contributed by atoms with van der Waals surface area (Å²) in [6.07, 6.45) is -0.248. The second kappa shape index (κ2) is 5.12. The lowest BCUT2D eigenvalue weighted by Gasteiger charge is -2.13. The van der Waals surface area contributed by atoms with Gasteiger partial charge < -0.3 is 4.74 Å². The van der Waals surface area contributed by atoms with Crippen LogP contribution in [-0.2, 0) is 9.53 Å². The number of hydrogen-bond acceptors (Lipinski definition) is 2. The maximum Gasteiger partial charge on any atom is 0.333 e. The first-order valence-electron chi connectivity index (χ1n) is 4.62. The van der Waals surface area contributed by atoms with E-state index in [0.717, 1.165) is 10.0 Å². The molecule has 0 aliphatic rings. The van der Waals surface area contributed by atoms with Gasteiger partial charge in [-0.25, -0.2) is 4.79 Å². The lowest BCUT2D eigenvalue weighted by molar-refractivity contribution is -0.143. The molecular weight excluding hydrogens is 256 g/mol. The second-order valence-corrected chi connectivity index (χ2v) is 4.30. The summed E-state index contributed by atoms with van der Waals surface area (Å²) >= 11 is 3.35. The van der Waals surface area contributed by atoms with Gasteiger partial charge in [0, 0.05) is 10.0 Å². The van der Waals surface area contributed by atoms with Gasteiger partial charge in [-0.05, 0) is 31.5 Å². The third-order valence-corrected chi connectivity index (χ3v) is 2.50. The molecule has 0 fully saturated rings. The zero-order chi connectivity index (χ0) is 11.4. The first kappa shape index (κ1) is 12.0. The third-order valence-electron chi connectivity index (χ3n) is 1.97. The van der Waals surface area contributed by atoms with Gasteiger partial charge in [-0.3, -0.25) is 0 Å². The van der Waals surface area contributed by atoms with Crippen molar-refractivity contribution in [2.75, 3.05) is 0 Å². The molecule has 0 amide bonds. The predicted molar refractivity (Wildman–Crippen MR) is 63.5 cm³/mol. The average Bonchev–Trinajstić information content (AvgIpc) is 2.18. The van der Waals surface area contributed by atoms with Gasteiger partial charge in [-0.2, -0.15) is 0 Å². The Kier molecular flexibility index (Phi) is 4.09. The summed E-state index contributed by atoms with van der Waals surface area (Å²) in [6, 6.07) is 7.67. The first-order valence-corrected chi connectivity index (χ1v) is 5.42. The van der Waals surface area contributed by atoms with Crippen molar-refractivity contribution in [3.8, 4) is 0 Å². The van der Waals surface area contributed by atoms with Crippen LogP contribution in [0.5, 0.6) is 0 Å². The molecule has 0 spiro atoms. The van der Waals surface area contributed by atoms with Crippen LogP contribution in [-0.4, -0.2) is 5.97 Å². The maximum atomic E-state index is 11.3. The van der Waals surface area contributed by atoms with Gasteiger partial charge in [-0.1, -0.05) is 34.6 Å². The van der Waals surface area contributed by atoms with Gasteiger partial charge in [0.15, 0.2) is 0 Å². The molecule has 0 bridgehead atoms. The van der Waals surface area contributed by atoms with E-state index in [4.69, 9.17) is 4.74 Å². The summed E-state index contributed by atoms with van der Waals surface area (Å²) < 4.78 is 6.19. The van der Waals surface area contributed by atoms with E-state index >= 15 is 0 Å². The Morgan fingerprint density at radius 2 is 1.93 bits per heavy atom. The number of hydrogen-bond donors (Lipinski definition) is 0. The maximum absolute atomic E-state index is 11.3. The molecule has 1 aromatic carbocycles. The summed E-state index contributed by atoms with van der Waals surface area (Å²) in [5, 5.41) is 0. The van der Waals surface area contributed by atoms with Gasteiger partial charge >= 0.3 is 5.97 Å². The molecule has 0 saturated carbocycles. The molecule has 1 aromatic rings. The molecule has 0 heterocycles. The molecule has 0 N–H and O–H groups in total. The molecular formula is C12H13BrO2. The Bertz CT molecular complexity index is 368. The Labute approximate surface area is 98.1 Å². The minimum absolute atomic E-state index is 0.248. The summed E-state index contributed by atoms with van der Waals surface area (Å²) in [5.74, 6) is -0.356. The average molecular weight is 269 g/mol. The SMILES string of the molecule is C=C(C)C(=O)O[C@H](C)c1ccc(Br)cc1.